The summed E-state index contributed by atoms with van der Waals surface area (Å²) >= 11 is -1.93. The molecule has 50 heavy (non-hydrogen) atoms. The molecule has 4 aromatic carbocycles. The van der Waals surface area contributed by atoms with Crippen molar-refractivity contribution < 1.29 is 32.8 Å². The molecule has 2 aliphatic heterocycles. The number of esters is 1. The molecule has 1 fully saturated rings. The van der Waals surface area contributed by atoms with Gasteiger partial charge in [-0.2, -0.15) is 0 Å². The van der Waals surface area contributed by atoms with Crippen molar-refractivity contribution in [2.75, 3.05) is 6.61 Å². The van der Waals surface area contributed by atoms with E-state index in [4.69, 9.17) is 13.9 Å². The summed E-state index contributed by atoms with van der Waals surface area (Å²) in [6.07, 6.45) is -0.837. The molecule has 10 nitrogen and oxygen atoms in total. The van der Waals surface area contributed by atoms with Gasteiger partial charge in [0.2, 0.25) is 11.3 Å². The average molecular weight is 687 g/mol. The van der Waals surface area contributed by atoms with E-state index in [1.165, 1.54) is 12.1 Å². The molecule has 250 valence electrons. The third kappa shape index (κ3) is 6.43. The summed E-state index contributed by atoms with van der Waals surface area (Å²) in [5, 5.41) is 2.28. The second-order valence-electron chi connectivity index (χ2n) is 11.7. The minimum absolute atomic E-state index is 0.0104. The highest BCUT2D eigenvalue weighted by atomic mass is 32.2. The van der Waals surface area contributed by atoms with Crippen molar-refractivity contribution in [2.24, 2.45) is 0 Å². The second kappa shape index (κ2) is 13.9. The molecule has 0 bridgehead atoms. The van der Waals surface area contributed by atoms with E-state index in [1.807, 2.05) is 66.7 Å². The van der Waals surface area contributed by atoms with E-state index in [0.717, 1.165) is 10.5 Å². The van der Waals surface area contributed by atoms with Gasteiger partial charge in [-0.15, -0.1) is 0 Å². The monoisotopic (exact) mass is 686 g/mol. The largest absolute Gasteiger partial charge is 0.610 e. The van der Waals surface area contributed by atoms with Crippen LogP contribution < -0.4 is 15.7 Å². The molecule has 2 amide bonds. The van der Waals surface area contributed by atoms with Gasteiger partial charge in [-0.25, -0.2) is 9.59 Å². The van der Waals surface area contributed by atoms with Crippen LogP contribution >= 0.6 is 0 Å². The average Bonchev–Trinajstić information content (AvgIpc) is 3.14. The first-order valence-corrected chi connectivity index (χ1v) is 17.0. The van der Waals surface area contributed by atoms with E-state index in [0.29, 0.717) is 22.3 Å². The molecule has 2 aliphatic rings. The number of fused-ring (bicyclic) bond motifs is 2. The number of β-lactam (4-membered cyclic amide) rings is 1. The van der Waals surface area contributed by atoms with Gasteiger partial charge in [0.05, 0.1) is 12.0 Å². The van der Waals surface area contributed by atoms with Crippen LogP contribution in [0.15, 0.2) is 153 Å². The Morgan fingerprint density at radius 2 is 1.50 bits per heavy atom. The van der Waals surface area contributed by atoms with Crippen LogP contribution in [0, 0.1) is 0 Å². The van der Waals surface area contributed by atoms with Crippen molar-refractivity contribution in [1.29, 1.82) is 0 Å². The van der Waals surface area contributed by atoms with Gasteiger partial charge in [0.1, 0.15) is 23.6 Å². The van der Waals surface area contributed by atoms with E-state index in [9.17, 15) is 23.7 Å². The molecule has 0 aliphatic carbocycles. The Kier molecular flexibility index (Phi) is 9.07. The topological polar surface area (TPSA) is 138 Å². The van der Waals surface area contributed by atoms with Crippen LogP contribution in [-0.4, -0.2) is 45.3 Å². The fourth-order valence-corrected chi connectivity index (χ4v) is 7.53. The second-order valence-corrected chi connectivity index (χ2v) is 13.3. The van der Waals surface area contributed by atoms with Crippen LogP contribution in [0.4, 0.5) is 0 Å². The maximum atomic E-state index is 14.3. The first kappa shape index (κ1) is 32.6. The van der Waals surface area contributed by atoms with E-state index in [-0.39, 0.29) is 34.8 Å². The third-order valence-corrected chi connectivity index (χ3v) is 10.1. The van der Waals surface area contributed by atoms with Gasteiger partial charge in [-0.3, -0.25) is 14.5 Å². The zero-order valence-electron chi connectivity index (χ0n) is 26.5. The Bertz CT molecular complexity index is 2150. The Balaban J connectivity index is 1.23. The van der Waals surface area contributed by atoms with Crippen LogP contribution in [0.25, 0.3) is 11.0 Å². The maximum absolute atomic E-state index is 14.3. The molecule has 7 rings (SSSR count). The first-order valence-electron chi connectivity index (χ1n) is 15.8. The van der Waals surface area contributed by atoms with Gasteiger partial charge < -0.3 is 23.8 Å². The minimum Gasteiger partial charge on any atom is -0.610 e. The lowest BCUT2D eigenvalue weighted by atomic mass is 10.00. The van der Waals surface area contributed by atoms with Crippen molar-refractivity contribution in [1.82, 2.24) is 10.2 Å². The van der Waals surface area contributed by atoms with Crippen molar-refractivity contribution in [2.45, 2.75) is 23.9 Å². The maximum Gasteiger partial charge on any atom is 0.356 e. The van der Waals surface area contributed by atoms with E-state index in [1.54, 1.807) is 42.5 Å². The molecule has 3 heterocycles. The number of hydrogen-bond donors (Lipinski definition) is 1. The van der Waals surface area contributed by atoms with Crippen molar-refractivity contribution in [3.8, 4) is 5.75 Å². The predicted octanol–water partition coefficient (Wildman–Crippen LogP) is 4.93. The Morgan fingerprint density at radius 1 is 0.880 bits per heavy atom. The van der Waals surface area contributed by atoms with Gasteiger partial charge >= 0.3 is 11.6 Å². The van der Waals surface area contributed by atoms with E-state index >= 15 is 0 Å². The first-order chi connectivity index (χ1) is 24.3. The number of rotatable bonds is 10. The zero-order valence-corrected chi connectivity index (χ0v) is 27.3. The molecule has 1 unspecified atom stereocenters. The predicted molar refractivity (Wildman–Crippen MR) is 186 cm³/mol. The van der Waals surface area contributed by atoms with Gasteiger partial charge in [0.25, 0.3) is 5.91 Å². The Labute approximate surface area is 289 Å². The number of carbonyl (C=O) groups is 3. The smallest absolute Gasteiger partial charge is 0.356 e. The van der Waals surface area contributed by atoms with Gasteiger partial charge in [0.15, 0.2) is 17.1 Å². The molecule has 1 N–H and O–H groups in total. The molecule has 11 heteroatoms. The molecule has 0 spiro atoms. The van der Waals surface area contributed by atoms with Gasteiger partial charge in [0, 0.05) is 28.7 Å². The molecule has 0 saturated carbocycles. The highest BCUT2D eigenvalue weighted by Gasteiger charge is 2.62. The van der Waals surface area contributed by atoms with Gasteiger partial charge in [-0.1, -0.05) is 91.0 Å². The molecule has 0 radical (unpaired) electrons. The quantitative estimate of drug-likeness (QED) is 0.0945. The summed E-state index contributed by atoms with van der Waals surface area (Å²) in [5.41, 5.74) is 1.81. The highest BCUT2D eigenvalue weighted by molar-refractivity contribution is 7.96. The summed E-state index contributed by atoms with van der Waals surface area (Å²) < 4.78 is 31.4. The SMILES string of the molecule is C=C1C(COc2ccc3ccc(=O)oc3c2)=C(C(=O)OC(c2ccccc2)c2ccccc2)N2C(=O)[C@@H](NC(=O)Cc3ccccc3)[C@H]2[S+]1[O-]. The number of amides is 2. The van der Waals surface area contributed by atoms with E-state index in [2.05, 4.69) is 11.9 Å². The Morgan fingerprint density at radius 3 is 2.16 bits per heavy atom. The van der Waals surface area contributed by atoms with Crippen molar-refractivity contribution in [3.63, 3.8) is 0 Å². The summed E-state index contributed by atoms with van der Waals surface area (Å²) in [7, 11) is 0. The molecular formula is C39H30N2O8S. The number of carbonyl (C=O) groups excluding carboxylic acids is 3. The van der Waals surface area contributed by atoms with Crippen LogP contribution in [0.5, 0.6) is 5.75 Å². The van der Waals surface area contributed by atoms with Crippen molar-refractivity contribution in [3.05, 3.63) is 171 Å². The fraction of sp³-hybridized carbons (Fsp3) is 0.128. The molecule has 5 aromatic rings. The summed E-state index contributed by atoms with van der Waals surface area (Å²) in [6, 6.07) is 34.0. The number of nitrogens with zero attached hydrogens (tertiary/aromatic N) is 1. The lowest BCUT2D eigenvalue weighted by molar-refractivity contribution is -0.155. The summed E-state index contributed by atoms with van der Waals surface area (Å²) in [4.78, 5) is 54.1. The summed E-state index contributed by atoms with van der Waals surface area (Å²) in [5.74, 6) is -1.63. The van der Waals surface area contributed by atoms with Crippen LogP contribution in [0.3, 0.4) is 0 Å². The lowest BCUT2D eigenvalue weighted by Gasteiger charge is -2.49. The minimum atomic E-state index is -1.93. The zero-order chi connectivity index (χ0) is 34.8. The fourth-order valence-electron chi connectivity index (χ4n) is 6.01. The molecule has 1 saturated heterocycles. The molecule has 1 aromatic heterocycles. The number of nitrogens with one attached hydrogen (secondary N) is 1. The van der Waals surface area contributed by atoms with Crippen LogP contribution in [0.1, 0.15) is 22.8 Å². The van der Waals surface area contributed by atoms with Gasteiger partial charge in [-0.05, 0) is 41.5 Å². The summed E-state index contributed by atoms with van der Waals surface area (Å²) in [6.45, 7) is 3.73. The number of ether oxygens (including phenoxy) is 2. The van der Waals surface area contributed by atoms with Crippen LogP contribution in [-0.2, 0) is 36.7 Å². The Hall–Kier alpha value is -5.91. The highest BCUT2D eigenvalue weighted by Crippen LogP contribution is 2.43. The normalized spacial score (nSPS) is 18.4. The van der Waals surface area contributed by atoms with E-state index < -0.39 is 52.1 Å². The number of benzene rings is 4. The van der Waals surface area contributed by atoms with Crippen molar-refractivity contribution >= 4 is 39.9 Å². The standard InChI is InChI=1S/C39H30N2O8S/c1-24-30(23-47-29-19-17-26-18-20-33(43)48-31(26)22-29)35(39(45)49-36(27-13-7-3-8-14-27)28-15-9-4-10-16-28)41-37(44)34(38(41)50(24)46)40-32(42)21-25-11-5-2-6-12-25/h2-20,22,34,36,38H,1,21,23H2,(H,40,42)/t34-,38-,50?/m1/s1. The van der Waals surface area contributed by atoms with Crippen LogP contribution in [0.2, 0.25) is 0 Å². The lowest BCUT2D eigenvalue weighted by Crippen LogP contribution is -2.74. The third-order valence-electron chi connectivity index (χ3n) is 8.49. The molecule has 3 atom stereocenters. The number of hydrogen-bond acceptors (Lipinski definition) is 8. The molecular weight excluding hydrogens is 657 g/mol.